The Labute approximate surface area is 56.5 Å². The molecule has 0 atom stereocenters. The van der Waals surface area contributed by atoms with Crippen LogP contribution in [-0.2, 0) is 0 Å². The molecule has 0 fully saturated rings. The van der Waals surface area contributed by atoms with Gasteiger partial charge in [-0.3, -0.25) is 0 Å². The van der Waals surface area contributed by atoms with Gasteiger partial charge in [-0.1, -0.05) is 0 Å². The molecule has 0 aliphatic rings. The summed E-state index contributed by atoms with van der Waals surface area (Å²) in [5.41, 5.74) is 5.19. The number of amidine groups is 1. The Balaban J connectivity index is 3.55. The summed E-state index contributed by atoms with van der Waals surface area (Å²) in [5.74, 6) is 0. The Morgan fingerprint density at radius 1 is 1.50 bits per heavy atom. The fraction of sp³-hybridized carbons (Fsp3) is 0.800. The van der Waals surface area contributed by atoms with E-state index >= 15 is 0 Å². The molecule has 0 heterocycles. The van der Waals surface area contributed by atoms with Crippen LogP contribution in [0.4, 0.5) is 0 Å². The first-order valence-electron chi connectivity index (χ1n) is 2.45. The van der Waals surface area contributed by atoms with E-state index in [1.807, 2.05) is 0 Å². The molecule has 3 N–H and O–H groups in total. The van der Waals surface area contributed by atoms with Gasteiger partial charge in [-0.25, -0.2) is 0 Å². The van der Waals surface area contributed by atoms with E-state index in [-0.39, 0.29) is 19.3 Å². The molecule has 0 radical (unpaired) electrons. The van der Waals surface area contributed by atoms with E-state index in [4.69, 9.17) is 11.1 Å². The SMILES string of the molecule is CC(C)(C)[Se]C(=N)N. The molecule has 2 nitrogen and oxygen atoms in total. The molecule has 48 valence electrons. The van der Waals surface area contributed by atoms with E-state index in [9.17, 15) is 0 Å². The van der Waals surface area contributed by atoms with Crippen molar-refractivity contribution < 1.29 is 0 Å². The van der Waals surface area contributed by atoms with Crippen LogP contribution >= 0.6 is 0 Å². The number of hydrogen-bond acceptors (Lipinski definition) is 1. The second-order valence-electron chi connectivity index (χ2n) is 2.58. The number of rotatable bonds is 1. The van der Waals surface area contributed by atoms with Crippen LogP contribution in [0.1, 0.15) is 20.8 Å². The Bertz CT molecular complexity index is 93.1. The van der Waals surface area contributed by atoms with Gasteiger partial charge in [0.05, 0.1) is 0 Å². The molecule has 0 aromatic heterocycles. The molecule has 3 heteroatoms. The van der Waals surface area contributed by atoms with E-state index in [1.54, 1.807) is 0 Å². The van der Waals surface area contributed by atoms with Crippen LogP contribution in [-0.4, -0.2) is 19.7 Å². The third kappa shape index (κ3) is 5.99. The van der Waals surface area contributed by atoms with Crippen LogP contribution < -0.4 is 5.73 Å². The molecule has 0 aliphatic carbocycles. The topological polar surface area (TPSA) is 49.9 Å². The summed E-state index contributed by atoms with van der Waals surface area (Å²) in [5, 5.41) is 6.96. The molecule has 0 aliphatic heterocycles. The van der Waals surface area contributed by atoms with Crippen LogP contribution in [0.5, 0.6) is 0 Å². The number of nitrogens with one attached hydrogen (secondary N) is 1. The van der Waals surface area contributed by atoms with Gasteiger partial charge in [-0.15, -0.1) is 0 Å². The predicted molar refractivity (Wildman–Crippen MR) is 37.4 cm³/mol. The number of nitrogens with two attached hydrogens (primary N) is 1. The van der Waals surface area contributed by atoms with Gasteiger partial charge in [-0.05, 0) is 0 Å². The molecule has 0 aromatic rings. The molecule has 0 saturated carbocycles. The molecular weight excluding hydrogens is 167 g/mol. The monoisotopic (exact) mass is 180 g/mol. The summed E-state index contributed by atoms with van der Waals surface area (Å²) < 4.78 is 0.573. The van der Waals surface area contributed by atoms with Gasteiger partial charge in [0.15, 0.2) is 0 Å². The zero-order valence-corrected chi connectivity index (χ0v) is 7.20. The summed E-state index contributed by atoms with van der Waals surface area (Å²) in [7, 11) is 0. The molecule has 0 spiro atoms. The standard InChI is InChI=1S/C5H12N2Se/c1-5(2,3)8-4(6)7/h1-3H3,(H3,6,7). The van der Waals surface area contributed by atoms with Crippen LogP contribution in [0.2, 0.25) is 4.31 Å². The van der Waals surface area contributed by atoms with E-state index in [0.29, 0.717) is 4.73 Å². The quantitative estimate of drug-likeness (QED) is 0.349. The van der Waals surface area contributed by atoms with Crippen molar-refractivity contribution in [2.45, 2.75) is 25.1 Å². The molecule has 0 amide bonds. The summed E-state index contributed by atoms with van der Waals surface area (Å²) in [6.45, 7) is 6.28. The molecule has 0 bridgehead atoms. The molecule has 0 rings (SSSR count). The Morgan fingerprint density at radius 3 is 1.88 bits per heavy atom. The normalized spacial score (nSPS) is 11.4. The fourth-order valence-corrected chi connectivity index (χ4v) is 1.71. The minimum absolute atomic E-state index is 0.174. The maximum atomic E-state index is 6.96. The second-order valence-corrected chi connectivity index (χ2v) is 6.50. The third-order valence-corrected chi connectivity index (χ3v) is 2.16. The van der Waals surface area contributed by atoms with Crippen molar-refractivity contribution in [3.8, 4) is 0 Å². The van der Waals surface area contributed by atoms with E-state index in [2.05, 4.69) is 20.8 Å². The van der Waals surface area contributed by atoms with Gasteiger partial charge in [0.2, 0.25) is 0 Å². The summed E-state index contributed by atoms with van der Waals surface area (Å²) in [6.07, 6.45) is 0. The van der Waals surface area contributed by atoms with Crippen molar-refractivity contribution in [1.29, 1.82) is 5.41 Å². The van der Waals surface area contributed by atoms with Crippen molar-refractivity contribution >= 4 is 19.7 Å². The summed E-state index contributed by atoms with van der Waals surface area (Å²) >= 11 is 0.174. The Hall–Kier alpha value is -0.0105. The van der Waals surface area contributed by atoms with Crippen molar-refractivity contribution in [2.24, 2.45) is 5.73 Å². The van der Waals surface area contributed by atoms with Crippen molar-refractivity contribution in [3.63, 3.8) is 0 Å². The number of hydrogen-bond donors (Lipinski definition) is 2. The van der Waals surface area contributed by atoms with Crippen LogP contribution in [0, 0.1) is 5.41 Å². The molecule has 0 aromatic carbocycles. The molecule has 8 heavy (non-hydrogen) atoms. The predicted octanol–water partition coefficient (Wildman–Crippen LogP) is 0.802. The van der Waals surface area contributed by atoms with Gasteiger partial charge in [-0.2, -0.15) is 0 Å². The van der Waals surface area contributed by atoms with Crippen LogP contribution in [0.15, 0.2) is 0 Å². The van der Waals surface area contributed by atoms with E-state index < -0.39 is 0 Å². The fourth-order valence-electron chi connectivity index (χ4n) is 0.330. The van der Waals surface area contributed by atoms with Crippen LogP contribution in [0.25, 0.3) is 0 Å². The zero-order valence-electron chi connectivity index (χ0n) is 5.49. The first-order valence-corrected chi connectivity index (χ1v) is 4.16. The van der Waals surface area contributed by atoms with Gasteiger partial charge >= 0.3 is 55.9 Å². The molecule has 0 saturated heterocycles. The van der Waals surface area contributed by atoms with Gasteiger partial charge in [0.1, 0.15) is 0 Å². The van der Waals surface area contributed by atoms with E-state index in [0.717, 1.165) is 0 Å². The van der Waals surface area contributed by atoms with Gasteiger partial charge in [0, 0.05) is 0 Å². The second kappa shape index (κ2) is 2.51. The van der Waals surface area contributed by atoms with Gasteiger partial charge in [0.25, 0.3) is 0 Å². The molecule has 0 unspecified atom stereocenters. The van der Waals surface area contributed by atoms with E-state index in [1.165, 1.54) is 0 Å². The van der Waals surface area contributed by atoms with Crippen molar-refractivity contribution in [2.75, 3.05) is 0 Å². The minimum atomic E-state index is 0.174. The third-order valence-electron chi connectivity index (χ3n) is 0.416. The average Bonchev–Trinajstić information content (AvgIpc) is 1.21. The van der Waals surface area contributed by atoms with Crippen molar-refractivity contribution in [1.82, 2.24) is 0 Å². The maximum absolute atomic E-state index is 6.96. The van der Waals surface area contributed by atoms with Crippen molar-refractivity contribution in [3.05, 3.63) is 0 Å². The zero-order chi connectivity index (χ0) is 6.78. The average molecular weight is 179 g/mol. The summed E-state index contributed by atoms with van der Waals surface area (Å²) in [4.78, 5) is 0. The molecular formula is C5H12N2Se. The van der Waals surface area contributed by atoms with Gasteiger partial charge < -0.3 is 0 Å². The van der Waals surface area contributed by atoms with Crippen LogP contribution in [0.3, 0.4) is 0 Å². The first-order chi connectivity index (χ1) is 3.42. The first kappa shape index (κ1) is 7.99. The summed E-state index contributed by atoms with van der Waals surface area (Å²) in [6, 6.07) is 0. The Kier molecular flexibility index (Phi) is 2.51. The Morgan fingerprint density at radius 2 is 1.88 bits per heavy atom.